The molecule has 27 heavy (non-hydrogen) atoms. The number of aryl methyl sites for hydroxylation is 1. The third-order valence-electron chi connectivity index (χ3n) is 5.58. The fourth-order valence-electron chi connectivity index (χ4n) is 4.39. The van der Waals surface area contributed by atoms with Crippen LogP contribution in [0.3, 0.4) is 0 Å². The highest BCUT2D eigenvalue weighted by molar-refractivity contribution is 6.33. The van der Waals surface area contributed by atoms with E-state index in [0.29, 0.717) is 10.6 Å². The van der Waals surface area contributed by atoms with Crippen molar-refractivity contribution in [1.82, 2.24) is 4.90 Å². The fraction of sp³-hybridized carbons (Fsp3) is 0.417. The number of aliphatic hydroxyl groups is 1. The summed E-state index contributed by atoms with van der Waals surface area (Å²) in [6.07, 6.45) is 10.3. The molecule has 0 atom stereocenters. The maximum absolute atomic E-state index is 9.84. The van der Waals surface area contributed by atoms with Crippen LogP contribution in [0, 0.1) is 6.92 Å². The molecule has 3 rings (SSSR count). The van der Waals surface area contributed by atoms with Crippen molar-refractivity contribution in [3.8, 4) is 0 Å². The van der Waals surface area contributed by atoms with E-state index in [2.05, 4.69) is 43.2 Å². The zero-order valence-electron chi connectivity index (χ0n) is 16.6. The minimum Gasteiger partial charge on any atom is -0.508 e. The molecule has 1 aliphatic carbocycles. The summed E-state index contributed by atoms with van der Waals surface area (Å²) in [6.45, 7) is 14.9. The minimum absolute atomic E-state index is 0.0511. The van der Waals surface area contributed by atoms with Crippen molar-refractivity contribution in [2.45, 2.75) is 52.5 Å². The molecule has 0 radical (unpaired) electrons. The monoisotopic (exact) mass is 383 g/mol. The normalized spacial score (nSPS) is 20.3. The standard InChI is InChI=1S/C24H30ClNO/c1-5-7-19-8-6-9-20(19)12-16(2)14-26-11-10-22-21(15-26)13-17(3)23(18(4)27)24(22)25/h7,12-13,27H,2,4-6,8-11,14-15H2,1,3H3/b19-7-,20-12-. The predicted octanol–water partition coefficient (Wildman–Crippen LogP) is 6.54. The van der Waals surface area contributed by atoms with Crippen molar-refractivity contribution in [1.29, 1.82) is 0 Å². The molecule has 0 aromatic heterocycles. The molecule has 0 spiro atoms. The van der Waals surface area contributed by atoms with Crippen molar-refractivity contribution in [2.24, 2.45) is 0 Å². The number of fused-ring (bicyclic) bond motifs is 1. The van der Waals surface area contributed by atoms with Gasteiger partial charge in [0.15, 0.2) is 0 Å². The Morgan fingerprint density at radius 3 is 2.70 bits per heavy atom. The van der Waals surface area contributed by atoms with Gasteiger partial charge >= 0.3 is 0 Å². The van der Waals surface area contributed by atoms with Gasteiger partial charge in [0, 0.05) is 25.2 Å². The molecule has 0 unspecified atom stereocenters. The lowest BCUT2D eigenvalue weighted by molar-refractivity contribution is 0.277. The van der Waals surface area contributed by atoms with E-state index in [1.807, 2.05) is 6.92 Å². The van der Waals surface area contributed by atoms with Gasteiger partial charge in [-0.15, -0.1) is 0 Å². The number of nitrogens with zero attached hydrogens (tertiary/aromatic N) is 1. The quantitative estimate of drug-likeness (QED) is 0.583. The number of halogens is 1. The maximum Gasteiger partial charge on any atom is 0.117 e. The molecule has 0 bridgehead atoms. The van der Waals surface area contributed by atoms with Gasteiger partial charge in [-0.25, -0.2) is 0 Å². The highest BCUT2D eigenvalue weighted by Gasteiger charge is 2.23. The number of hydrogen-bond acceptors (Lipinski definition) is 2. The third kappa shape index (κ3) is 4.39. The van der Waals surface area contributed by atoms with Crippen LogP contribution in [0.15, 0.2) is 48.1 Å². The second-order valence-corrected chi connectivity index (χ2v) is 8.12. The third-order valence-corrected chi connectivity index (χ3v) is 6.00. The molecule has 1 N–H and O–H groups in total. The molecular formula is C24H30ClNO. The Morgan fingerprint density at radius 2 is 2.00 bits per heavy atom. The van der Waals surface area contributed by atoms with Crippen molar-refractivity contribution < 1.29 is 5.11 Å². The van der Waals surface area contributed by atoms with Crippen molar-refractivity contribution in [2.75, 3.05) is 13.1 Å². The van der Waals surface area contributed by atoms with Gasteiger partial charge in [0.05, 0.1) is 5.02 Å². The van der Waals surface area contributed by atoms with Crippen LogP contribution in [0.5, 0.6) is 0 Å². The molecule has 2 nitrogen and oxygen atoms in total. The van der Waals surface area contributed by atoms with Gasteiger partial charge in [-0.05, 0) is 72.4 Å². The van der Waals surface area contributed by atoms with Crippen LogP contribution in [-0.2, 0) is 13.0 Å². The van der Waals surface area contributed by atoms with Crippen LogP contribution in [0.2, 0.25) is 5.02 Å². The molecule has 1 heterocycles. The van der Waals surface area contributed by atoms with E-state index >= 15 is 0 Å². The zero-order chi connectivity index (χ0) is 19.6. The zero-order valence-corrected chi connectivity index (χ0v) is 17.3. The lowest BCUT2D eigenvalue weighted by atomic mass is 9.93. The molecular weight excluding hydrogens is 354 g/mol. The van der Waals surface area contributed by atoms with E-state index in [0.717, 1.165) is 43.6 Å². The summed E-state index contributed by atoms with van der Waals surface area (Å²) in [6, 6.07) is 2.14. The van der Waals surface area contributed by atoms with E-state index in [1.54, 1.807) is 0 Å². The van der Waals surface area contributed by atoms with Crippen molar-refractivity contribution >= 4 is 17.4 Å². The summed E-state index contributed by atoms with van der Waals surface area (Å²) < 4.78 is 0. The highest BCUT2D eigenvalue weighted by atomic mass is 35.5. The first-order valence-electron chi connectivity index (χ1n) is 9.89. The first-order chi connectivity index (χ1) is 12.9. The SMILES string of the molecule is C=C(/C=C1/CCC/C1=C/CC)CN1CCc2c(cc(C)c(C(=C)O)c2Cl)C1. The maximum atomic E-state index is 9.84. The van der Waals surface area contributed by atoms with Gasteiger partial charge in [0.1, 0.15) is 5.76 Å². The first-order valence-corrected chi connectivity index (χ1v) is 10.3. The van der Waals surface area contributed by atoms with Gasteiger partial charge < -0.3 is 5.11 Å². The van der Waals surface area contributed by atoms with E-state index < -0.39 is 0 Å². The summed E-state index contributed by atoms with van der Waals surface area (Å²) in [5.41, 5.74) is 8.24. The molecule has 0 saturated heterocycles. The van der Waals surface area contributed by atoms with Gasteiger partial charge in [-0.3, -0.25) is 4.90 Å². The fourth-order valence-corrected chi connectivity index (χ4v) is 4.86. The van der Waals surface area contributed by atoms with Crippen molar-refractivity contribution in [3.63, 3.8) is 0 Å². The molecule has 2 aliphatic rings. The van der Waals surface area contributed by atoms with Crippen LogP contribution in [0.4, 0.5) is 0 Å². The lowest BCUT2D eigenvalue weighted by Crippen LogP contribution is -2.32. The van der Waals surface area contributed by atoms with E-state index in [-0.39, 0.29) is 5.76 Å². The first kappa shape index (κ1) is 20.0. The summed E-state index contributed by atoms with van der Waals surface area (Å²) in [5.74, 6) is 0.0511. The number of aliphatic hydroxyl groups excluding tert-OH is 1. The summed E-state index contributed by atoms with van der Waals surface area (Å²) in [4.78, 5) is 2.43. The molecule has 1 saturated carbocycles. The Hall–Kier alpha value is -1.77. The Kier molecular flexibility index (Phi) is 6.29. The number of hydrogen-bond donors (Lipinski definition) is 1. The lowest BCUT2D eigenvalue weighted by Gasteiger charge is -2.30. The molecule has 1 fully saturated rings. The minimum atomic E-state index is 0.0511. The molecule has 0 amide bonds. The summed E-state index contributed by atoms with van der Waals surface area (Å²) >= 11 is 6.57. The van der Waals surface area contributed by atoms with Gasteiger partial charge in [-0.2, -0.15) is 0 Å². The summed E-state index contributed by atoms with van der Waals surface area (Å²) in [5, 5.41) is 10.5. The van der Waals surface area contributed by atoms with Crippen LogP contribution in [-0.4, -0.2) is 23.1 Å². The predicted molar refractivity (Wildman–Crippen MR) is 116 cm³/mol. The molecule has 1 aliphatic heterocycles. The van der Waals surface area contributed by atoms with Gasteiger partial charge in [0.25, 0.3) is 0 Å². The number of allylic oxidation sites excluding steroid dienone is 3. The highest BCUT2D eigenvalue weighted by Crippen LogP contribution is 2.35. The smallest absolute Gasteiger partial charge is 0.117 e. The van der Waals surface area contributed by atoms with Crippen molar-refractivity contribution in [3.05, 3.63) is 75.4 Å². The summed E-state index contributed by atoms with van der Waals surface area (Å²) in [7, 11) is 0. The Bertz CT molecular complexity index is 831. The van der Waals surface area contributed by atoms with Crippen LogP contribution in [0.25, 0.3) is 5.76 Å². The topological polar surface area (TPSA) is 23.5 Å². The average Bonchev–Trinajstić information content (AvgIpc) is 3.01. The van der Waals surface area contributed by atoms with E-state index in [4.69, 9.17) is 11.6 Å². The second kappa shape index (κ2) is 8.50. The Labute approximate surface area is 168 Å². The van der Waals surface area contributed by atoms with Crippen LogP contribution >= 0.6 is 11.6 Å². The van der Waals surface area contributed by atoms with Crippen LogP contribution < -0.4 is 0 Å². The van der Waals surface area contributed by atoms with Gasteiger partial charge in [0.2, 0.25) is 0 Å². The average molecular weight is 384 g/mol. The number of benzene rings is 1. The van der Waals surface area contributed by atoms with Crippen LogP contribution in [0.1, 0.15) is 54.9 Å². The number of rotatable bonds is 5. The molecule has 144 valence electrons. The molecule has 1 aromatic rings. The van der Waals surface area contributed by atoms with E-state index in [1.165, 1.54) is 41.5 Å². The molecule has 1 aromatic carbocycles. The second-order valence-electron chi connectivity index (χ2n) is 7.75. The van der Waals surface area contributed by atoms with E-state index in [9.17, 15) is 5.11 Å². The van der Waals surface area contributed by atoms with Gasteiger partial charge in [-0.1, -0.05) is 49.9 Å². The largest absolute Gasteiger partial charge is 0.508 e. The Morgan fingerprint density at radius 1 is 1.26 bits per heavy atom. The molecule has 3 heteroatoms. The Balaban J connectivity index is 1.73.